The molecule has 0 bridgehead atoms. The van der Waals surface area contributed by atoms with Crippen LogP contribution in [-0.4, -0.2) is 39.3 Å². The summed E-state index contributed by atoms with van der Waals surface area (Å²) >= 11 is 0. The van der Waals surface area contributed by atoms with Crippen molar-refractivity contribution in [2.24, 2.45) is 5.92 Å². The van der Waals surface area contributed by atoms with E-state index in [1.165, 1.54) is 0 Å². The van der Waals surface area contributed by atoms with Gasteiger partial charge in [0.15, 0.2) is 0 Å². The van der Waals surface area contributed by atoms with Gasteiger partial charge < -0.3 is 10.0 Å². The number of rotatable bonds is 5. The highest BCUT2D eigenvalue weighted by Gasteiger charge is 2.26. The van der Waals surface area contributed by atoms with Gasteiger partial charge in [0.05, 0.1) is 5.52 Å². The lowest BCUT2D eigenvalue weighted by Gasteiger charge is -2.19. The van der Waals surface area contributed by atoms with Gasteiger partial charge >= 0.3 is 5.97 Å². The summed E-state index contributed by atoms with van der Waals surface area (Å²) in [5, 5.41) is 17.1. The Labute approximate surface area is 110 Å². The first-order valence-electron chi connectivity index (χ1n) is 6.28. The number of carbonyl (C=O) groups is 1. The fraction of sp³-hybridized carbons (Fsp3) is 0.385. The highest BCUT2D eigenvalue weighted by molar-refractivity contribution is 5.76. The molecule has 1 fully saturated rings. The smallest absolute Gasteiger partial charge is 0.323 e. The van der Waals surface area contributed by atoms with E-state index in [2.05, 4.69) is 15.2 Å². The van der Waals surface area contributed by atoms with Crippen LogP contribution in [0.3, 0.4) is 0 Å². The van der Waals surface area contributed by atoms with Crippen molar-refractivity contribution in [2.45, 2.75) is 12.8 Å². The molecule has 0 unspecified atom stereocenters. The lowest BCUT2D eigenvalue weighted by Crippen LogP contribution is -2.33. The van der Waals surface area contributed by atoms with Crippen LogP contribution in [0.4, 0.5) is 5.95 Å². The minimum absolute atomic E-state index is 0.0868. The van der Waals surface area contributed by atoms with E-state index in [0.717, 1.165) is 18.4 Å². The van der Waals surface area contributed by atoms with E-state index >= 15 is 0 Å². The third-order valence-corrected chi connectivity index (χ3v) is 3.13. The van der Waals surface area contributed by atoms with Crippen LogP contribution in [0.2, 0.25) is 0 Å². The molecule has 0 radical (unpaired) electrons. The number of fused-ring (bicyclic) bond motifs is 1. The normalized spacial score (nSPS) is 14.5. The van der Waals surface area contributed by atoms with Gasteiger partial charge in [-0.05, 0) is 30.9 Å². The predicted octanol–water partition coefficient (Wildman–Crippen LogP) is 1.33. The molecule has 0 saturated heterocycles. The van der Waals surface area contributed by atoms with E-state index in [-0.39, 0.29) is 6.54 Å². The third-order valence-electron chi connectivity index (χ3n) is 3.13. The van der Waals surface area contributed by atoms with Gasteiger partial charge in [-0.2, -0.15) is 0 Å². The van der Waals surface area contributed by atoms with Crippen LogP contribution < -0.4 is 4.90 Å². The lowest BCUT2D eigenvalue weighted by molar-refractivity contribution is -0.135. The number of benzene rings is 1. The molecule has 19 heavy (non-hydrogen) atoms. The maximum Gasteiger partial charge on any atom is 0.323 e. The molecule has 0 aliphatic heterocycles. The summed E-state index contributed by atoms with van der Waals surface area (Å²) < 4.78 is 0. The van der Waals surface area contributed by atoms with Gasteiger partial charge in [0.2, 0.25) is 5.95 Å². The standard InChI is InChI=1S/C13H14N4O2/c18-12(19)8-17(7-9-5-6-9)13-14-10-3-1-2-4-11(10)15-16-13/h1-4,9H,5-8H2,(H,18,19). The topological polar surface area (TPSA) is 79.2 Å². The lowest BCUT2D eigenvalue weighted by atomic mass is 10.3. The summed E-state index contributed by atoms with van der Waals surface area (Å²) in [4.78, 5) is 17.0. The van der Waals surface area contributed by atoms with E-state index in [1.807, 2.05) is 24.3 Å². The number of hydrogen-bond acceptors (Lipinski definition) is 5. The molecular weight excluding hydrogens is 244 g/mol. The second-order valence-electron chi connectivity index (χ2n) is 4.82. The van der Waals surface area contributed by atoms with Crippen molar-refractivity contribution >= 4 is 23.0 Å². The molecule has 0 spiro atoms. The maximum absolute atomic E-state index is 10.9. The van der Waals surface area contributed by atoms with Gasteiger partial charge in [0.1, 0.15) is 12.1 Å². The maximum atomic E-state index is 10.9. The van der Waals surface area contributed by atoms with Crippen LogP contribution in [0.5, 0.6) is 0 Å². The average molecular weight is 258 g/mol. The van der Waals surface area contributed by atoms with Gasteiger partial charge in [0.25, 0.3) is 0 Å². The molecule has 1 aromatic heterocycles. The Kier molecular flexibility index (Phi) is 2.98. The van der Waals surface area contributed by atoms with E-state index in [4.69, 9.17) is 5.11 Å². The Morgan fingerprint density at radius 3 is 2.68 bits per heavy atom. The molecule has 1 N–H and O–H groups in total. The van der Waals surface area contributed by atoms with Crippen molar-refractivity contribution < 1.29 is 9.90 Å². The number of anilines is 1. The van der Waals surface area contributed by atoms with Crippen molar-refractivity contribution in [1.82, 2.24) is 15.2 Å². The fourth-order valence-corrected chi connectivity index (χ4v) is 2.00. The van der Waals surface area contributed by atoms with E-state index in [9.17, 15) is 4.79 Å². The summed E-state index contributed by atoms with van der Waals surface area (Å²) in [6, 6.07) is 7.44. The Morgan fingerprint density at radius 2 is 2.00 bits per heavy atom. The van der Waals surface area contributed by atoms with Crippen molar-refractivity contribution in [1.29, 1.82) is 0 Å². The second kappa shape index (κ2) is 4.79. The van der Waals surface area contributed by atoms with Crippen molar-refractivity contribution in [3.63, 3.8) is 0 Å². The summed E-state index contributed by atoms with van der Waals surface area (Å²) in [6.07, 6.45) is 2.30. The zero-order valence-corrected chi connectivity index (χ0v) is 10.4. The largest absolute Gasteiger partial charge is 0.480 e. The van der Waals surface area contributed by atoms with E-state index < -0.39 is 5.97 Å². The summed E-state index contributed by atoms with van der Waals surface area (Å²) in [5.41, 5.74) is 1.45. The molecule has 0 amide bonds. The monoisotopic (exact) mass is 258 g/mol. The number of carboxylic acids is 1. The highest BCUT2D eigenvalue weighted by Crippen LogP contribution is 2.30. The zero-order chi connectivity index (χ0) is 13.2. The first-order valence-corrected chi connectivity index (χ1v) is 6.28. The van der Waals surface area contributed by atoms with Crippen LogP contribution in [0.15, 0.2) is 24.3 Å². The molecule has 2 aromatic rings. The molecule has 1 aliphatic carbocycles. The third kappa shape index (κ3) is 2.78. The van der Waals surface area contributed by atoms with Gasteiger partial charge in [-0.15, -0.1) is 10.2 Å². The molecule has 1 heterocycles. The van der Waals surface area contributed by atoms with Gasteiger partial charge in [-0.3, -0.25) is 4.79 Å². The van der Waals surface area contributed by atoms with Crippen molar-refractivity contribution in [3.05, 3.63) is 24.3 Å². The van der Waals surface area contributed by atoms with E-state index in [0.29, 0.717) is 23.9 Å². The Morgan fingerprint density at radius 1 is 1.26 bits per heavy atom. The molecule has 1 aliphatic rings. The van der Waals surface area contributed by atoms with E-state index in [1.54, 1.807) is 4.90 Å². The first-order chi connectivity index (χ1) is 9.22. The average Bonchev–Trinajstić information content (AvgIpc) is 3.21. The van der Waals surface area contributed by atoms with Crippen LogP contribution in [0.1, 0.15) is 12.8 Å². The van der Waals surface area contributed by atoms with Gasteiger partial charge in [-0.25, -0.2) is 4.98 Å². The van der Waals surface area contributed by atoms with Gasteiger partial charge in [0, 0.05) is 6.54 Å². The first kappa shape index (κ1) is 11.8. The highest BCUT2D eigenvalue weighted by atomic mass is 16.4. The van der Waals surface area contributed by atoms with Crippen LogP contribution in [-0.2, 0) is 4.79 Å². The molecule has 1 aromatic carbocycles. The number of carboxylic acid groups (broad SMARTS) is 1. The SMILES string of the molecule is O=C(O)CN(CC1CC1)c1nnc2ccccc2n1. The molecule has 1 saturated carbocycles. The summed E-state index contributed by atoms with van der Waals surface area (Å²) in [7, 11) is 0. The molecular formula is C13H14N4O2. The zero-order valence-electron chi connectivity index (χ0n) is 10.4. The van der Waals surface area contributed by atoms with Crippen molar-refractivity contribution in [3.8, 4) is 0 Å². The number of aliphatic carboxylic acids is 1. The predicted molar refractivity (Wildman–Crippen MR) is 69.9 cm³/mol. The van der Waals surface area contributed by atoms with Crippen molar-refractivity contribution in [2.75, 3.05) is 18.0 Å². The Hall–Kier alpha value is -2.24. The minimum Gasteiger partial charge on any atom is -0.480 e. The second-order valence-corrected chi connectivity index (χ2v) is 4.82. The molecule has 98 valence electrons. The molecule has 0 atom stereocenters. The molecule has 6 heteroatoms. The summed E-state index contributed by atoms with van der Waals surface area (Å²) in [6.45, 7) is 0.600. The van der Waals surface area contributed by atoms with Crippen LogP contribution >= 0.6 is 0 Å². The number of aromatic nitrogens is 3. The summed E-state index contributed by atoms with van der Waals surface area (Å²) in [5.74, 6) is 0.0832. The molecule has 6 nitrogen and oxygen atoms in total. The number of nitrogens with zero attached hydrogens (tertiary/aromatic N) is 4. The quantitative estimate of drug-likeness (QED) is 0.871. The number of para-hydroxylation sites is 1. The fourth-order valence-electron chi connectivity index (χ4n) is 2.00. The Bertz CT molecular complexity index is 612. The van der Waals surface area contributed by atoms with Gasteiger partial charge in [-0.1, -0.05) is 12.1 Å². The Balaban J connectivity index is 1.91. The minimum atomic E-state index is -0.877. The van der Waals surface area contributed by atoms with Crippen LogP contribution in [0.25, 0.3) is 11.0 Å². The van der Waals surface area contributed by atoms with Crippen LogP contribution in [0, 0.1) is 5.92 Å². The molecule has 3 rings (SSSR count). The number of hydrogen-bond donors (Lipinski definition) is 1.